The highest BCUT2D eigenvalue weighted by molar-refractivity contribution is 7.99. The maximum Gasteiger partial charge on any atom is 0.132 e. The molecule has 2 aromatic rings. The fourth-order valence-corrected chi connectivity index (χ4v) is 3.92. The van der Waals surface area contributed by atoms with Crippen molar-refractivity contribution in [2.75, 3.05) is 6.26 Å². The maximum absolute atomic E-state index is 10.9. The predicted molar refractivity (Wildman–Crippen MR) is 104 cm³/mol. The van der Waals surface area contributed by atoms with Crippen molar-refractivity contribution in [3.05, 3.63) is 71.8 Å². The molecule has 1 aliphatic rings. The van der Waals surface area contributed by atoms with Gasteiger partial charge < -0.3 is 19.3 Å². The van der Waals surface area contributed by atoms with Gasteiger partial charge in [0.1, 0.15) is 23.7 Å². The zero-order valence-electron chi connectivity index (χ0n) is 15.2. The van der Waals surface area contributed by atoms with Crippen LogP contribution in [0.5, 0.6) is 0 Å². The van der Waals surface area contributed by atoms with Gasteiger partial charge in [-0.3, -0.25) is 0 Å². The molecule has 140 valence electrons. The topological polar surface area (TPSA) is 47.9 Å². The summed E-state index contributed by atoms with van der Waals surface area (Å²) in [5, 5.41) is 10.9. The lowest BCUT2D eigenvalue weighted by molar-refractivity contribution is -0.226. The average Bonchev–Trinajstić information content (AvgIpc) is 2.68. The quantitative estimate of drug-likeness (QED) is 0.802. The lowest BCUT2D eigenvalue weighted by atomic mass is 10.0. The van der Waals surface area contributed by atoms with E-state index < -0.39 is 18.3 Å². The Bertz CT molecular complexity index is 652. The van der Waals surface area contributed by atoms with Gasteiger partial charge >= 0.3 is 0 Å². The molecule has 0 amide bonds. The fourth-order valence-electron chi connectivity index (χ4n) is 3.13. The van der Waals surface area contributed by atoms with E-state index in [0.717, 1.165) is 11.1 Å². The second kappa shape index (κ2) is 9.53. The summed E-state index contributed by atoms with van der Waals surface area (Å²) in [6.45, 7) is 2.81. The first-order chi connectivity index (χ1) is 12.7. The molecule has 1 saturated heterocycles. The lowest BCUT2D eigenvalue weighted by Crippen LogP contribution is -2.57. The Kier molecular flexibility index (Phi) is 7.11. The van der Waals surface area contributed by atoms with E-state index in [1.165, 1.54) is 0 Å². The van der Waals surface area contributed by atoms with Crippen LogP contribution in [0.25, 0.3) is 0 Å². The Labute approximate surface area is 159 Å². The minimum atomic E-state index is -0.747. The van der Waals surface area contributed by atoms with Gasteiger partial charge in [-0.1, -0.05) is 60.7 Å². The summed E-state index contributed by atoms with van der Waals surface area (Å²) in [6, 6.07) is 19.9. The van der Waals surface area contributed by atoms with E-state index in [-0.39, 0.29) is 11.5 Å². The molecule has 0 radical (unpaired) electrons. The van der Waals surface area contributed by atoms with Crippen molar-refractivity contribution in [3.8, 4) is 0 Å². The number of benzene rings is 2. The summed E-state index contributed by atoms with van der Waals surface area (Å²) in [7, 11) is 0. The van der Waals surface area contributed by atoms with Crippen LogP contribution in [0.15, 0.2) is 60.7 Å². The average molecular weight is 375 g/mol. The number of aliphatic hydroxyl groups is 1. The molecule has 1 fully saturated rings. The first kappa shape index (κ1) is 19.4. The monoisotopic (exact) mass is 374 g/mol. The number of hydrogen-bond donors (Lipinski definition) is 1. The van der Waals surface area contributed by atoms with E-state index in [1.54, 1.807) is 11.8 Å². The first-order valence-electron chi connectivity index (χ1n) is 8.86. The second-order valence-corrected chi connectivity index (χ2v) is 7.39. The van der Waals surface area contributed by atoms with Gasteiger partial charge in [0.25, 0.3) is 0 Å². The third-order valence-corrected chi connectivity index (χ3v) is 5.40. The number of rotatable bonds is 7. The third kappa shape index (κ3) is 4.87. The van der Waals surface area contributed by atoms with Gasteiger partial charge in [0.15, 0.2) is 0 Å². The Morgan fingerprint density at radius 1 is 0.885 bits per heavy atom. The highest BCUT2D eigenvalue weighted by atomic mass is 32.2. The number of thioether (sulfide) groups is 1. The molecular formula is C21H26O4S. The smallest absolute Gasteiger partial charge is 0.132 e. The molecule has 26 heavy (non-hydrogen) atoms. The van der Waals surface area contributed by atoms with E-state index in [1.807, 2.05) is 73.8 Å². The Balaban J connectivity index is 1.64. The van der Waals surface area contributed by atoms with Crippen LogP contribution in [0, 0.1) is 0 Å². The Morgan fingerprint density at radius 3 is 1.88 bits per heavy atom. The van der Waals surface area contributed by atoms with Gasteiger partial charge in [-0.15, -0.1) is 11.8 Å². The van der Waals surface area contributed by atoms with E-state index in [0.29, 0.717) is 13.2 Å². The highest BCUT2D eigenvalue weighted by Crippen LogP contribution is 2.31. The van der Waals surface area contributed by atoms with Crippen LogP contribution in [0.1, 0.15) is 18.1 Å². The van der Waals surface area contributed by atoms with Crippen LogP contribution in [0.4, 0.5) is 0 Å². The third-order valence-electron chi connectivity index (χ3n) is 4.56. The number of ether oxygens (including phenoxy) is 3. The molecule has 0 aliphatic carbocycles. The largest absolute Gasteiger partial charge is 0.387 e. The molecule has 5 heteroatoms. The summed E-state index contributed by atoms with van der Waals surface area (Å²) in [6.07, 6.45) is 0.140. The van der Waals surface area contributed by atoms with Crippen molar-refractivity contribution < 1.29 is 19.3 Å². The highest BCUT2D eigenvalue weighted by Gasteiger charge is 2.44. The predicted octanol–water partition coefficient (Wildman–Crippen LogP) is 3.63. The van der Waals surface area contributed by atoms with Crippen LogP contribution in [0.2, 0.25) is 0 Å². The van der Waals surface area contributed by atoms with Gasteiger partial charge in [-0.05, 0) is 24.3 Å². The Hall–Kier alpha value is -1.37. The van der Waals surface area contributed by atoms with Crippen molar-refractivity contribution >= 4 is 11.8 Å². The van der Waals surface area contributed by atoms with Gasteiger partial charge in [-0.25, -0.2) is 0 Å². The first-order valence-corrected chi connectivity index (χ1v) is 10.1. The lowest BCUT2D eigenvalue weighted by Gasteiger charge is -2.42. The molecule has 1 N–H and O–H groups in total. The van der Waals surface area contributed by atoms with E-state index >= 15 is 0 Å². The molecule has 0 spiro atoms. The molecular weight excluding hydrogens is 348 g/mol. The molecule has 5 atom stereocenters. The van der Waals surface area contributed by atoms with Crippen molar-refractivity contribution in [2.24, 2.45) is 0 Å². The standard InChI is InChI=1S/C21H26O4S/c1-15-19(23-13-16-9-5-3-6-10-16)18(22)20(21(25-15)26-2)24-14-17-11-7-4-8-12-17/h3-12,15,18-22H,13-14H2,1-2H3/t15?,18?,19-,20?,21-/m0/s1. The molecule has 0 aromatic heterocycles. The van der Waals surface area contributed by atoms with Crippen molar-refractivity contribution in [3.63, 3.8) is 0 Å². The molecule has 0 bridgehead atoms. The minimum Gasteiger partial charge on any atom is -0.387 e. The van der Waals surface area contributed by atoms with Crippen LogP contribution in [-0.2, 0) is 27.4 Å². The van der Waals surface area contributed by atoms with Gasteiger partial charge in [0.2, 0.25) is 0 Å². The zero-order chi connectivity index (χ0) is 18.4. The van der Waals surface area contributed by atoms with E-state index in [2.05, 4.69) is 0 Å². The van der Waals surface area contributed by atoms with Crippen LogP contribution in [0.3, 0.4) is 0 Å². The maximum atomic E-state index is 10.9. The zero-order valence-corrected chi connectivity index (χ0v) is 16.0. The summed E-state index contributed by atoms with van der Waals surface area (Å²) in [5.41, 5.74) is 1.92. The van der Waals surface area contributed by atoms with Crippen LogP contribution < -0.4 is 0 Å². The molecule has 2 aromatic carbocycles. The number of aliphatic hydroxyl groups excluding tert-OH is 1. The van der Waals surface area contributed by atoms with Crippen LogP contribution >= 0.6 is 11.8 Å². The molecule has 1 aliphatic heterocycles. The summed E-state index contributed by atoms with van der Waals surface area (Å²) < 4.78 is 18.1. The van der Waals surface area contributed by atoms with Crippen molar-refractivity contribution in [2.45, 2.75) is 50.0 Å². The second-order valence-electron chi connectivity index (χ2n) is 6.46. The normalized spacial score (nSPS) is 28.8. The van der Waals surface area contributed by atoms with Gasteiger partial charge in [-0.2, -0.15) is 0 Å². The molecule has 1 heterocycles. The van der Waals surface area contributed by atoms with E-state index in [9.17, 15) is 5.11 Å². The summed E-state index contributed by atoms with van der Waals surface area (Å²) >= 11 is 1.55. The SMILES string of the molecule is CS[C@@H]1OC(C)[C@H](OCc2ccccc2)C(O)C1OCc1ccccc1. The molecule has 4 nitrogen and oxygen atoms in total. The van der Waals surface area contributed by atoms with E-state index in [4.69, 9.17) is 14.2 Å². The summed E-state index contributed by atoms with van der Waals surface area (Å²) in [4.78, 5) is 0. The van der Waals surface area contributed by atoms with Gasteiger partial charge in [0.05, 0.1) is 19.3 Å². The van der Waals surface area contributed by atoms with Crippen LogP contribution in [-0.4, -0.2) is 41.2 Å². The van der Waals surface area contributed by atoms with Crippen molar-refractivity contribution in [1.29, 1.82) is 0 Å². The molecule has 0 saturated carbocycles. The summed E-state index contributed by atoms with van der Waals surface area (Å²) in [5.74, 6) is 0. The Morgan fingerprint density at radius 2 is 1.38 bits per heavy atom. The van der Waals surface area contributed by atoms with Gasteiger partial charge in [0, 0.05) is 0 Å². The fraction of sp³-hybridized carbons (Fsp3) is 0.429. The molecule has 3 rings (SSSR count). The van der Waals surface area contributed by atoms with Crippen molar-refractivity contribution in [1.82, 2.24) is 0 Å². The number of hydrogen-bond acceptors (Lipinski definition) is 5. The minimum absolute atomic E-state index is 0.206. The molecule has 3 unspecified atom stereocenters.